The van der Waals surface area contributed by atoms with E-state index in [4.69, 9.17) is 10.5 Å². The van der Waals surface area contributed by atoms with Crippen LogP contribution in [-0.2, 0) is 0 Å². The third kappa shape index (κ3) is 2.29. The van der Waals surface area contributed by atoms with Crippen LogP contribution in [0.25, 0.3) is 16.5 Å². The van der Waals surface area contributed by atoms with Crippen molar-refractivity contribution in [3.8, 4) is 11.4 Å². The van der Waals surface area contributed by atoms with Crippen molar-refractivity contribution in [2.45, 2.75) is 6.92 Å². The highest BCUT2D eigenvalue weighted by Crippen LogP contribution is 2.29. The standard InChI is InChI=1S/C15H16N4O2S/c1-3-17-14-11-8-22-13(16)12(11)15(20)19(18-14)9-4-6-10(21-2)7-5-9/h4-8H,3,16H2,1-2H3,(H,17,18). The minimum absolute atomic E-state index is 0.222. The van der Waals surface area contributed by atoms with E-state index in [1.54, 1.807) is 31.4 Å². The Morgan fingerprint density at radius 1 is 1.36 bits per heavy atom. The molecule has 114 valence electrons. The quantitative estimate of drug-likeness (QED) is 0.772. The third-order valence-corrected chi connectivity index (χ3v) is 4.15. The highest BCUT2D eigenvalue weighted by atomic mass is 32.1. The predicted octanol–water partition coefficient (Wildman–Crippen LogP) is 2.47. The molecule has 0 fully saturated rings. The van der Waals surface area contributed by atoms with Crippen molar-refractivity contribution in [2.24, 2.45) is 0 Å². The Labute approximate surface area is 131 Å². The van der Waals surface area contributed by atoms with Gasteiger partial charge in [-0.05, 0) is 31.2 Å². The molecule has 0 spiro atoms. The normalized spacial score (nSPS) is 10.8. The van der Waals surface area contributed by atoms with E-state index in [1.165, 1.54) is 16.0 Å². The van der Waals surface area contributed by atoms with E-state index < -0.39 is 0 Å². The average molecular weight is 316 g/mol. The number of hydrogen-bond acceptors (Lipinski definition) is 6. The van der Waals surface area contributed by atoms with E-state index in [1.807, 2.05) is 12.3 Å². The number of hydrogen-bond donors (Lipinski definition) is 2. The first kappa shape index (κ1) is 14.4. The van der Waals surface area contributed by atoms with Crippen molar-refractivity contribution in [1.29, 1.82) is 0 Å². The van der Waals surface area contributed by atoms with Gasteiger partial charge in [-0.3, -0.25) is 4.79 Å². The molecule has 22 heavy (non-hydrogen) atoms. The second-order valence-corrected chi connectivity index (χ2v) is 5.59. The van der Waals surface area contributed by atoms with Crippen LogP contribution in [0.4, 0.5) is 10.8 Å². The molecule has 0 atom stereocenters. The maximum absolute atomic E-state index is 12.7. The molecular formula is C15H16N4O2S. The van der Waals surface area contributed by atoms with Crippen molar-refractivity contribution >= 4 is 32.9 Å². The molecule has 0 aliphatic carbocycles. The predicted molar refractivity (Wildman–Crippen MR) is 90.3 cm³/mol. The van der Waals surface area contributed by atoms with Crippen LogP contribution in [0, 0.1) is 0 Å². The molecule has 2 heterocycles. The fourth-order valence-electron chi connectivity index (χ4n) is 2.27. The summed E-state index contributed by atoms with van der Waals surface area (Å²) in [5.74, 6) is 1.38. The van der Waals surface area contributed by atoms with E-state index in [-0.39, 0.29) is 5.56 Å². The van der Waals surface area contributed by atoms with Crippen LogP contribution in [0.5, 0.6) is 5.75 Å². The summed E-state index contributed by atoms with van der Waals surface area (Å²) in [6.45, 7) is 2.69. The van der Waals surface area contributed by atoms with Gasteiger partial charge in [-0.2, -0.15) is 4.68 Å². The van der Waals surface area contributed by atoms with Gasteiger partial charge in [-0.15, -0.1) is 16.4 Å². The molecule has 0 saturated heterocycles. The van der Waals surface area contributed by atoms with Gasteiger partial charge in [0.05, 0.1) is 23.2 Å². The fourth-order valence-corrected chi connectivity index (χ4v) is 3.06. The molecule has 1 aromatic carbocycles. The lowest BCUT2D eigenvalue weighted by Crippen LogP contribution is -2.23. The SMILES string of the molecule is CCNc1nn(-c2ccc(OC)cc2)c(=O)c2c(N)scc12. The molecule has 0 unspecified atom stereocenters. The number of nitrogens with zero attached hydrogens (tertiary/aromatic N) is 2. The average Bonchev–Trinajstić information content (AvgIpc) is 2.93. The number of rotatable bonds is 4. The summed E-state index contributed by atoms with van der Waals surface area (Å²) in [5, 5.41) is 11.2. The molecule has 7 heteroatoms. The summed E-state index contributed by atoms with van der Waals surface area (Å²) in [6, 6.07) is 7.16. The molecule has 0 bridgehead atoms. The highest BCUT2D eigenvalue weighted by Gasteiger charge is 2.15. The monoisotopic (exact) mass is 316 g/mol. The zero-order valence-corrected chi connectivity index (χ0v) is 13.1. The first-order valence-electron chi connectivity index (χ1n) is 6.84. The molecule has 0 radical (unpaired) electrons. The van der Waals surface area contributed by atoms with Gasteiger partial charge in [0, 0.05) is 17.3 Å². The summed E-state index contributed by atoms with van der Waals surface area (Å²) >= 11 is 1.35. The number of methoxy groups -OCH3 is 1. The van der Waals surface area contributed by atoms with E-state index in [2.05, 4.69) is 10.4 Å². The van der Waals surface area contributed by atoms with Gasteiger partial charge in [0.1, 0.15) is 5.75 Å². The summed E-state index contributed by atoms with van der Waals surface area (Å²) < 4.78 is 6.50. The van der Waals surface area contributed by atoms with Crippen molar-refractivity contribution in [1.82, 2.24) is 9.78 Å². The summed E-state index contributed by atoms with van der Waals surface area (Å²) in [7, 11) is 1.60. The summed E-state index contributed by atoms with van der Waals surface area (Å²) in [5.41, 5.74) is 6.41. The summed E-state index contributed by atoms with van der Waals surface area (Å²) in [4.78, 5) is 12.7. The lowest BCUT2D eigenvalue weighted by Gasteiger charge is -2.10. The molecule has 0 aliphatic heterocycles. The van der Waals surface area contributed by atoms with Gasteiger partial charge in [0.25, 0.3) is 5.56 Å². The Kier molecular flexibility index (Phi) is 3.72. The van der Waals surface area contributed by atoms with Crippen molar-refractivity contribution in [2.75, 3.05) is 24.7 Å². The Morgan fingerprint density at radius 2 is 2.09 bits per heavy atom. The number of fused-ring (bicyclic) bond motifs is 1. The first-order chi connectivity index (χ1) is 10.7. The van der Waals surface area contributed by atoms with Gasteiger partial charge in [-0.1, -0.05) is 0 Å². The van der Waals surface area contributed by atoms with Crippen LogP contribution >= 0.6 is 11.3 Å². The largest absolute Gasteiger partial charge is 0.497 e. The molecule has 0 saturated carbocycles. The highest BCUT2D eigenvalue weighted by molar-refractivity contribution is 7.15. The van der Waals surface area contributed by atoms with Gasteiger partial charge in [-0.25, -0.2) is 0 Å². The molecule has 0 amide bonds. The molecular weight excluding hydrogens is 300 g/mol. The number of nitrogens with two attached hydrogens (primary N) is 1. The van der Waals surface area contributed by atoms with Gasteiger partial charge in [0.2, 0.25) is 0 Å². The minimum atomic E-state index is -0.222. The Balaban J connectivity index is 2.26. The molecule has 0 aliphatic rings. The van der Waals surface area contributed by atoms with E-state index in [0.717, 1.165) is 11.1 Å². The van der Waals surface area contributed by atoms with Crippen LogP contribution in [0.15, 0.2) is 34.4 Å². The fraction of sp³-hybridized carbons (Fsp3) is 0.200. The first-order valence-corrected chi connectivity index (χ1v) is 7.72. The molecule has 2 aromatic heterocycles. The van der Waals surface area contributed by atoms with E-state index in [0.29, 0.717) is 28.4 Å². The van der Waals surface area contributed by atoms with Gasteiger partial charge >= 0.3 is 0 Å². The van der Waals surface area contributed by atoms with E-state index >= 15 is 0 Å². The van der Waals surface area contributed by atoms with Crippen molar-refractivity contribution in [3.63, 3.8) is 0 Å². The summed E-state index contributed by atoms with van der Waals surface area (Å²) in [6.07, 6.45) is 0. The van der Waals surface area contributed by atoms with Crippen LogP contribution in [0.3, 0.4) is 0 Å². The number of nitrogen functional groups attached to an aromatic ring is 1. The van der Waals surface area contributed by atoms with Crippen LogP contribution < -0.4 is 21.3 Å². The van der Waals surface area contributed by atoms with Gasteiger partial charge < -0.3 is 15.8 Å². The topological polar surface area (TPSA) is 82.2 Å². The van der Waals surface area contributed by atoms with Crippen LogP contribution in [-0.4, -0.2) is 23.4 Å². The molecule has 3 rings (SSSR count). The number of anilines is 2. The maximum atomic E-state index is 12.7. The number of aromatic nitrogens is 2. The molecule has 3 aromatic rings. The Hall–Kier alpha value is -2.54. The minimum Gasteiger partial charge on any atom is -0.497 e. The number of nitrogens with one attached hydrogen (secondary N) is 1. The van der Waals surface area contributed by atoms with Crippen LogP contribution in [0.1, 0.15) is 6.92 Å². The Bertz CT molecular complexity index is 868. The third-order valence-electron chi connectivity index (χ3n) is 3.34. The van der Waals surface area contributed by atoms with Crippen LogP contribution in [0.2, 0.25) is 0 Å². The number of benzene rings is 1. The number of thiophene rings is 1. The smallest absolute Gasteiger partial charge is 0.282 e. The zero-order valence-electron chi connectivity index (χ0n) is 12.3. The van der Waals surface area contributed by atoms with Gasteiger partial charge in [0.15, 0.2) is 5.82 Å². The maximum Gasteiger partial charge on any atom is 0.282 e. The number of ether oxygens (including phenoxy) is 1. The molecule has 6 nitrogen and oxygen atoms in total. The Morgan fingerprint density at radius 3 is 2.73 bits per heavy atom. The second-order valence-electron chi connectivity index (χ2n) is 4.68. The lowest BCUT2D eigenvalue weighted by molar-refractivity contribution is 0.414. The zero-order chi connectivity index (χ0) is 15.7. The van der Waals surface area contributed by atoms with E-state index in [9.17, 15) is 4.79 Å². The van der Waals surface area contributed by atoms with Crippen molar-refractivity contribution in [3.05, 3.63) is 40.0 Å². The lowest BCUT2D eigenvalue weighted by atomic mass is 10.2. The molecule has 3 N–H and O–H groups in total. The second kappa shape index (κ2) is 5.69. The van der Waals surface area contributed by atoms with Crippen molar-refractivity contribution < 1.29 is 4.74 Å².